The van der Waals surface area contributed by atoms with Gasteiger partial charge in [-0.15, -0.1) is 11.6 Å². The molecule has 2 aromatic carbocycles. The maximum atomic E-state index is 13.3. The number of halogens is 4. The van der Waals surface area contributed by atoms with Gasteiger partial charge >= 0.3 is 0 Å². The van der Waals surface area contributed by atoms with Crippen LogP contribution in [0.15, 0.2) is 36.4 Å². The second-order valence-electron chi connectivity index (χ2n) is 4.23. The number of hydrogen-bond acceptors (Lipinski definition) is 1. The van der Waals surface area contributed by atoms with Crippen molar-refractivity contribution in [2.45, 2.75) is 5.88 Å². The van der Waals surface area contributed by atoms with Crippen LogP contribution in [0.5, 0.6) is 0 Å². The third kappa shape index (κ3) is 2.29. The Morgan fingerprint density at radius 3 is 2.50 bits per heavy atom. The molecule has 0 fully saturated rings. The van der Waals surface area contributed by atoms with Crippen molar-refractivity contribution in [1.82, 2.24) is 9.55 Å². The molecule has 0 saturated heterocycles. The number of rotatable bonds is 2. The Balaban J connectivity index is 2.34. The lowest BCUT2D eigenvalue weighted by Crippen LogP contribution is -2.02. The lowest BCUT2D eigenvalue weighted by molar-refractivity contribution is 0.626. The molecule has 2 nitrogen and oxygen atoms in total. The molecule has 102 valence electrons. The van der Waals surface area contributed by atoms with Crippen LogP contribution in [0, 0.1) is 15.2 Å². The summed E-state index contributed by atoms with van der Waals surface area (Å²) in [5.41, 5.74) is 2.05. The minimum Gasteiger partial charge on any atom is -0.294 e. The van der Waals surface area contributed by atoms with Gasteiger partial charge in [-0.1, -0.05) is 0 Å². The van der Waals surface area contributed by atoms with E-state index in [-0.39, 0.29) is 17.5 Å². The van der Waals surface area contributed by atoms with Gasteiger partial charge in [-0.05, 0) is 52.9 Å². The molecule has 0 unspecified atom stereocenters. The molecule has 0 aliphatic heterocycles. The van der Waals surface area contributed by atoms with E-state index in [1.807, 2.05) is 4.57 Å². The molecule has 0 radical (unpaired) electrons. The molecule has 0 N–H and O–H groups in total. The summed E-state index contributed by atoms with van der Waals surface area (Å²) in [7, 11) is 0. The maximum absolute atomic E-state index is 13.3. The second-order valence-corrected chi connectivity index (χ2v) is 5.66. The van der Waals surface area contributed by atoms with Crippen LogP contribution in [-0.4, -0.2) is 9.55 Å². The summed E-state index contributed by atoms with van der Waals surface area (Å²) in [5.74, 6) is 0.124. The lowest BCUT2D eigenvalue weighted by Gasteiger charge is -2.10. The Kier molecular flexibility index (Phi) is 3.64. The monoisotopic (exact) mass is 404 g/mol. The third-order valence-electron chi connectivity index (χ3n) is 2.96. The van der Waals surface area contributed by atoms with Crippen molar-refractivity contribution in [3.63, 3.8) is 0 Å². The van der Waals surface area contributed by atoms with Gasteiger partial charge in [0.05, 0.1) is 22.6 Å². The first-order valence-electron chi connectivity index (χ1n) is 5.78. The molecule has 1 aromatic heterocycles. The number of benzene rings is 2. The smallest absolute Gasteiger partial charge is 0.129 e. The molecule has 0 aliphatic carbocycles. The summed E-state index contributed by atoms with van der Waals surface area (Å²) in [5, 5.41) is 0. The van der Waals surface area contributed by atoms with Crippen molar-refractivity contribution in [3.8, 4) is 5.69 Å². The van der Waals surface area contributed by atoms with Gasteiger partial charge in [0.25, 0.3) is 0 Å². The molecule has 6 heteroatoms. The predicted octanol–water partition coefficient (Wildman–Crippen LogP) is 4.65. The second kappa shape index (κ2) is 5.29. The molecule has 1 heterocycles. The SMILES string of the molecule is Fc1ccc(-n2c(CCl)nc3cc(F)ccc32)c(I)c1. The minimum absolute atomic E-state index is 0.184. The number of aromatic nitrogens is 2. The zero-order valence-corrected chi connectivity index (χ0v) is 13.0. The Hall–Kier alpha value is -1.21. The van der Waals surface area contributed by atoms with Gasteiger partial charge in [0, 0.05) is 9.64 Å². The molecule has 20 heavy (non-hydrogen) atoms. The first-order chi connectivity index (χ1) is 9.60. The highest BCUT2D eigenvalue weighted by atomic mass is 127. The fourth-order valence-corrected chi connectivity index (χ4v) is 3.02. The van der Waals surface area contributed by atoms with Gasteiger partial charge in [-0.25, -0.2) is 13.8 Å². The lowest BCUT2D eigenvalue weighted by atomic mass is 10.2. The van der Waals surface area contributed by atoms with Crippen LogP contribution in [0.3, 0.4) is 0 Å². The molecule has 3 aromatic rings. The average Bonchev–Trinajstić information content (AvgIpc) is 2.76. The molecular formula is C14H8ClF2IN2. The third-order valence-corrected chi connectivity index (χ3v) is 4.06. The standard InChI is InChI=1S/C14H8ClF2IN2/c15-7-14-19-11-6-9(17)2-4-13(11)20(14)12-3-1-8(16)5-10(12)18/h1-6H,7H2. The molecule has 0 amide bonds. The van der Waals surface area contributed by atoms with Gasteiger partial charge in [0.15, 0.2) is 0 Å². The highest BCUT2D eigenvalue weighted by Crippen LogP contribution is 2.26. The van der Waals surface area contributed by atoms with E-state index in [1.165, 1.54) is 24.3 Å². The van der Waals surface area contributed by atoms with E-state index >= 15 is 0 Å². The van der Waals surface area contributed by atoms with Crippen LogP contribution in [0.25, 0.3) is 16.7 Å². The van der Waals surface area contributed by atoms with Crippen LogP contribution in [-0.2, 0) is 5.88 Å². The quantitative estimate of drug-likeness (QED) is 0.449. The summed E-state index contributed by atoms with van der Waals surface area (Å²) >= 11 is 7.98. The van der Waals surface area contributed by atoms with Crippen LogP contribution in [0.4, 0.5) is 8.78 Å². The van der Waals surface area contributed by atoms with Gasteiger partial charge < -0.3 is 0 Å². The highest BCUT2D eigenvalue weighted by Gasteiger charge is 2.14. The number of imidazole rings is 1. The van der Waals surface area contributed by atoms with Crippen LogP contribution in [0.1, 0.15) is 5.82 Å². The summed E-state index contributed by atoms with van der Waals surface area (Å²) < 4.78 is 29.1. The normalized spacial score (nSPS) is 11.2. The van der Waals surface area contributed by atoms with Crippen molar-refractivity contribution in [3.05, 3.63) is 57.4 Å². The zero-order chi connectivity index (χ0) is 14.3. The molecule has 0 spiro atoms. The van der Waals surface area contributed by atoms with Crippen molar-refractivity contribution >= 4 is 45.2 Å². The average molecular weight is 405 g/mol. The van der Waals surface area contributed by atoms with E-state index < -0.39 is 0 Å². The molecule has 3 rings (SSSR count). The number of alkyl halides is 1. The topological polar surface area (TPSA) is 17.8 Å². The van der Waals surface area contributed by atoms with E-state index in [2.05, 4.69) is 27.6 Å². The van der Waals surface area contributed by atoms with Crippen molar-refractivity contribution in [2.24, 2.45) is 0 Å². The zero-order valence-electron chi connectivity index (χ0n) is 10.1. The molecule has 0 atom stereocenters. The van der Waals surface area contributed by atoms with E-state index in [0.29, 0.717) is 11.3 Å². The molecule has 0 bridgehead atoms. The molecule has 0 aliphatic rings. The maximum Gasteiger partial charge on any atom is 0.129 e. The van der Waals surface area contributed by atoms with Crippen LogP contribution in [0.2, 0.25) is 0 Å². The Morgan fingerprint density at radius 1 is 1.10 bits per heavy atom. The fraction of sp³-hybridized carbons (Fsp3) is 0.0714. The largest absolute Gasteiger partial charge is 0.294 e. The van der Waals surface area contributed by atoms with Gasteiger partial charge in [-0.3, -0.25) is 4.57 Å². The Bertz CT molecular complexity index is 801. The minimum atomic E-state index is -0.350. The first kappa shape index (κ1) is 13.8. The van der Waals surface area contributed by atoms with E-state index in [1.54, 1.807) is 12.1 Å². The van der Waals surface area contributed by atoms with E-state index in [0.717, 1.165) is 14.8 Å². The number of nitrogens with zero attached hydrogens (tertiary/aromatic N) is 2. The van der Waals surface area contributed by atoms with Gasteiger partial charge in [0.2, 0.25) is 0 Å². The number of hydrogen-bond donors (Lipinski definition) is 0. The summed E-state index contributed by atoms with van der Waals surface area (Å²) in [6, 6.07) is 8.85. The van der Waals surface area contributed by atoms with E-state index in [9.17, 15) is 8.78 Å². The summed E-state index contributed by atoms with van der Waals surface area (Å²) in [4.78, 5) is 4.33. The van der Waals surface area contributed by atoms with Crippen molar-refractivity contribution in [1.29, 1.82) is 0 Å². The Morgan fingerprint density at radius 2 is 1.80 bits per heavy atom. The number of fused-ring (bicyclic) bond motifs is 1. The predicted molar refractivity (Wildman–Crippen MR) is 83.3 cm³/mol. The van der Waals surface area contributed by atoms with E-state index in [4.69, 9.17) is 11.6 Å². The van der Waals surface area contributed by atoms with Crippen molar-refractivity contribution < 1.29 is 8.78 Å². The fourth-order valence-electron chi connectivity index (χ4n) is 2.12. The summed E-state index contributed by atoms with van der Waals surface area (Å²) in [6.45, 7) is 0. The van der Waals surface area contributed by atoms with Crippen molar-refractivity contribution in [2.75, 3.05) is 0 Å². The highest BCUT2D eigenvalue weighted by molar-refractivity contribution is 14.1. The first-order valence-corrected chi connectivity index (χ1v) is 7.40. The van der Waals surface area contributed by atoms with Crippen LogP contribution < -0.4 is 0 Å². The summed E-state index contributed by atoms with van der Waals surface area (Å²) in [6.07, 6.45) is 0. The molecule has 0 saturated carbocycles. The van der Waals surface area contributed by atoms with Gasteiger partial charge in [0.1, 0.15) is 17.5 Å². The van der Waals surface area contributed by atoms with Crippen LogP contribution >= 0.6 is 34.2 Å². The molecular weight excluding hydrogens is 397 g/mol. The van der Waals surface area contributed by atoms with Gasteiger partial charge in [-0.2, -0.15) is 0 Å². The Labute approximate surface area is 132 Å².